The number of H-pyrrole nitrogens is 1. The number of anilines is 1. The predicted molar refractivity (Wildman–Crippen MR) is 154 cm³/mol. The number of fused-ring (bicyclic) bond motifs is 2. The molecule has 3 heterocycles. The number of aromatic nitrogens is 4. The fourth-order valence-corrected chi connectivity index (χ4v) is 6.35. The molecule has 6 unspecified atom stereocenters. The minimum absolute atomic E-state index is 0.000257. The number of alkyl halides is 3. The quantitative estimate of drug-likeness (QED) is 0.137. The average molecular weight is 655 g/mol. The maximum absolute atomic E-state index is 15.7. The fourth-order valence-electron chi connectivity index (χ4n) is 4.80. The van der Waals surface area contributed by atoms with Crippen LogP contribution in [0, 0.1) is 0 Å². The van der Waals surface area contributed by atoms with E-state index in [1.54, 1.807) is 50.2 Å². The van der Waals surface area contributed by atoms with Crippen LogP contribution in [0.2, 0.25) is 0 Å². The monoisotopic (exact) mass is 654 g/mol. The summed E-state index contributed by atoms with van der Waals surface area (Å²) in [6, 6.07) is 10.2. The van der Waals surface area contributed by atoms with Gasteiger partial charge in [0.2, 0.25) is 5.95 Å². The molecule has 4 aromatic rings. The number of nitrogens with two attached hydrogens (primary N) is 1. The molecule has 1 fully saturated rings. The van der Waals surface area contributed by atoms with Crippen molar-refractivity contribution in [2.75, 3.05) is 12.3 Å². The summed E-state index contributed by atoms with van der Waals surface area (Å²) in [5, 5.41) is 14.2. The zero-order valence-electron chi connectivity index (χ0n) is 24.1. The zero-order chi connectivity index (χ0) is 32.7. The van der Waals surface area contributed by atoms with Gasteiger partial charge in [-0.1, -0.05) is 36.4 Å². The third kappa shape index (κ3) is 6.26. The summed E-state index contributed by atoms with van der Waals surface area (Å²) in [5.74, 6) is -1.21. The molecule has 18 heteroatoms. The van der Waals surface area contributed by atoms with Crippen molar-refractivity contribution < 1.29 is 46.2 Å². The van der Waals surface area contributed by atoms with Crippen LogP contribution in [-0.2, 0) is 23.4 Å². The van der Waals surface area contributed by atoms with Crippen LogP contribution in [0.1, 0.15) is 27.0 Å². The van der Waals surface area contributed by atoms with Gasteiger partial charge in [-0.05, 0) is 32.2 Å². The molecule has 5 rings (SSSR count). The minimum atomic E-state index is -4.82. The van der Waals surface area contributed by atoms with Crippen LogP contribution in [0.15, 0.2) is 53.6 Å². The topological polar surface area (TPSA) is 193 Å². The minimum Gasteiger partial charge on any atom is -0.462 e. The predicted octanol–water partition coefficient (Wildman–Crippen LogP) is 3.22. The number of rotatable bonds is 11. The molecular formula is C27H30F3N6O8P. The van der Waals surface area contributed by atoms with E-state index in [1.807, 2.05) is 0 Å². The van der Waals surface area contributed by atoms with Crippen molar-refractivity contribution in [2.24, 2.45) is 0 Å². The smallest absolute Gasteiger partial charge is 0.459 e. The Hall–Kier alpha value is -4.02. The summed E-state index contributed by atoms with van der Waals surface area (Å²) in [4.78, 5) is 34.7. The number of benzene rings is 2. The first-order valence-corrected chi connectivity index (χ1v) is 15.2. The molecule has 14 nitrogen and oxygen atoms in total. The number of hydrogen-bond acceptors (Lipinski definition) is 11. The van der Waals surface area contributed by atoms with E-state index < -0.39 is 68.6 Å². The standard InChI is InChI=1S/C27H30F3N6O8P/c1-13(2)42-24(39)14(3)35-45(40,44-17-10-6-8-15-7-4-5-9-16(15)17)41-11-27(25(29)30)20(28)19(37)23(43-27)36-12-32-18-21(36)33-26(31)34-22(18)38/h4-10,12-14,19-20,23,25,37H,11H2,1-3H3,(H,35,40)(H3,31,33,34,38). The molecule has 1 aliphatic rings. The lowest BCUT2D eigenvalue weighted by molar-refractivity contribution is -0.182. The van der Waals surface area contributed by atoms with E-state index in [4.69, 9.17) is 24.3 Å². The van der Waals surface area contributed by atoms with E-state index in [2.05, 4.69) is 20.0 Å². The number of carbonyl (C=O) groups excluding carboxylic acids is 1. The van der Waals surface area contributed by atoms with Gasteiger partial charge in [-0.3, -0.25) is 23.7 Å². The summed E-state index contributed by atoms with van der Waals surface area (Å²) in [6.07, 6.45) is -10.2. The van der Waals surface area contributed by atoms with E-state index in [0.29, 0.717) is 10.8 Å². The van der Waals surface area contributed by atoms with E-state index in [-0.39, 0.29) is 22.9 Å². The van der Waals surface area contributed by atoms with E-state index in [0.717, 1.165) is 10.9 Å². The molecule has 0 spiro atoms. The Morgan fingerprint density at radius 3 is 2.67 bits per heavy atom. The lowest BCUT2D eigenvalue weighted by Crippen LogP contribution is -2.51. The van der Waals surface area contributed by atoms with Crippen molar-refractivity contribution in [1.29, 1.82) is 0 Å². The maximum atomic E-state index is 15.7. The molecule has 0 amide bonds. The highest BCUT2D eigenvalue weighted by atomic mass is 31.2. The molecule has 2 aromatic heterocycles. The van der Waals surface area contributed by atoms with Crippen molar-refractivity contribution in [2.45, 2.75) is 63.4 Å². The highest BCUT2D eigenvalue weighted by Gasteiger charge is 2.63. The molecule has 0 aliphatic carbocycles. The Morgan fingerprint density at radius 2 is 1.96 bits per heavy atom. The second kappa shape index (κ2) is 12.4. The van der Waals surface area contributed by atoms with Crippen molar-refractivity contribution in [1.82, 2.24) is 24.6 Å². The van der Waals surface area contributed by atoms with Gasteiger partial charge in [0.05, 0.1) is 19.0 Å². The van der Waals surface area contributed by atoms with Crippen LogP contribution in [0.3, 0.4) is 0 Å². The normalized spacial score (nSPS) is 23.9. The van der Waals surface area contributed by atoms with E-state index in [1.165, 1.54) is 13.0 Å². The first kappa shape index (κ1) is 32.4. The van der Waals surface area contributed by atoms with Crippen molar-refractivity contribution in [3.8, 4) is 5.75 Å². The highest BCUT2D eigenvalue weighted by molar-refractivity contribution is 7.52. The first-order valence-electron chi connectivity index (χ1n) is 13.7. The highest BCUT2D eigenvalue weighted by Crippen LogP contribution is 2.51. The molecule has 5 N–H and O–H groups in total. The second-order valence-corrected chi connectivity index (χ2v) is 12.3. The lowest BCUT2D eigenvalue weighted by atomic mass is 9.98. The summed E-state index contributed by atoms with van der Waals surface area (Å²) in [5.41, 5.74) is 1.05. The summed E-state index contributed by atoms with van der Waals surface area (Å²) < 4.78 is 81.9. The molecule has 1 aliphatic heterocycles. The van der Waals surface area contributed by atoms with Crippen molar-refractivity contribution >= 4 is 41.6 Å². The van der Waals surface area contributed by atoms with Gasteiger partial charge in [-0.25, -0.2) is 22.7 Å². The van der Waals surface area contributed by atoms with Gasteiger partial charge in [0.15, 0.2) is 29.2 Å². The van der Waals surface area contributed by atoms with Gasteiger partial charge in [0, 0.05) is 5.39 Å². The van der Waals surface area contributed by atoms with Crippen LogP contribution in [0.5, 0.6) is 5.75 Å². The van der Waals surface area contributed by atoms with Gasteiger partial charge in [-0.15, -0.1) is 0 Å². The Morgan fingerprint density at radius 1 is 1.24 bits per heavy atom. The molecule has 242 valence electrons. The van der Waals surface area contributed by atoms with Gasteiger partial charge in [0.1, 0.15) is 17.9 Å². The number of aliphatic hydroxyl groups is 1. The number of imidazole rings is 1. The number of nitrogen functional groups attached to an aromatic ring is 1. The number of ether oxygens (including phenoxy) is 2. The number of hydrogen-bond donors (Lipinski definition) is 4. The van der Waals surface area contributed by atoms with Crippen LogP contribution >= 0.6 is 7.75 Å². The third-order valence-corrected chi connectivity index (χ3v) is 8.59. The van der Waals surface area contributed by atoms with Crippen molar-refractivity contribution in [3.05, 3.63) is 59.1 Å². The lowest BCUT2D eigenvalue weighted by Gasteiger charge is -2.32. The van der Waals surface area contributed by atoms with Crippen molar-refractivity contribution in [3.63, 3.8) is 0 Å². The molecule has 6 atom stereocenters. The zero-order valence-corrected chi connectivity index (χ0v) is 25.0. The van der Waals surface area contributed by atoms with Crippen LogP contribution in [0.25, 0.3) is 21.9 Å². The Kier molecular flexibility index (Phi) is 8.92. The van der Waals surface area contributed by atoms with E-state index in [9.17, 15) is 28.0 Å². The number of nitrogens with zero attached hydrogens (tertiary/aromatic N) is 3. The third-order valence-electron chi connectivity index (χ3n) is 6.98. The SMILES string of the molecule is CC(C)OC(=O)C(C)NP(=O)(OCC1(C(F)F)OC(n2cnc3c(=O)[nH]c(N)nc32)C(O)C1F)Oc1cccc2ccccc12. The molecule has 0 radical (unpaired) electrons. The fraction of sp³-hybridized carbons (Fsp3) is 0.407. The molecule has 2 aromatic carbocycles. The number of aromatic amines is 1. The van der Waals surface area contributed by atoms with Crippen LogP contribution in [0.4, 0.5) is 19.1 Å². The van der Waals surface area contributed by atoms with E-state index >= 15 is 4.39 Å². The maximum Gasteiger partial charge on any atom is 0.459 e. The number of aliphatic hydroxyl groups excluding tert-OH is 1. The molecule has 0 bridgehead atoms. The largest absolute Gasteiger partial charge is 0.462 e. The summed E-state index contributed by atoms with van der Waals surface area (Å²) in [7, 11) is -4.82. The number of esters is 1. The van der Waals surface area contributed by atoms with Gasteiger partial charge in [-0.2, -0.15) is 10.1 Å². The first-order chi connectivity index (χ1) is 21.2. The van der Waals surface area contributed by atoms with Gasteiger partial charge in [0.25, 0.3) is 12.0 Å². The Bertz CT molecular complexity index is 1820. The summed E-state index contributed by atoms with van der Waals surface area (Å²) >= 11 is 0. The molecule has 45 heavy (non-hydrogen) atoms. The van der Waals surface area contributed by atoms with Gasteiger partial charge >= 0.3 is 13.7 Å². The van der Waals surface area contributed by atoms with Crippen LogP contribution in [-0.4, -0.2) is 73.6 Å². The molecule has 0 saturated carbocycles. The average Bonchev–Trinajstić information content (AvgIpc) is 3.51. The second-order valence-electron chi connectivity index (χ2n) is 10.6. The Labute approximate surface area is 253 Å². The molecular weight excluding hydrogens is 624 g/mol. The number of halogens is 3. The number of nitrogens with one attached hydrogen (secondary N) is 2. The van der Waals surface area contributed by atoms with Crippen LogP contribution < -0.4 is 20.9 Å². The Balaban J connectivity index is 1.48. The van der Waals surface area contributed by atoms with Gasteiger partial charge < -0.3 is 24.8 Å². The molecule has 1 saturated heterocycles. The number of carbonyl (C=O) groups is 1. The summed E-state index contributed by atoms with van der Waals surface area (Å²) in [6.45, 7) is 3.03.